The Morgan fingerprint density at radius 3 is 2.27 bits per heavy atom. The molecule has 3 atom stereocenters. The van der Waals surface area contributed by atoms with Gasteiger partial charge in [0.15, 0.2) is 0 Å². The van der Waals surface area contributed by atoms with E-state index in [-0.39, 0.29) is 13.0 Å². The fourth-order valence-corrected chi connectivity index (χ4v) is 3.57. The predicted octanol–water partition coefficient (Wildman–Crippen LogP) is 2.88. The van der Waals surface area contributed by atoms with Crippen molar-refractivity contribution in [2.75, 3.05) is 6.61 Å². The van der Waals surface area contributed by atoms with Crippen LogP contribution < -0.4 is 20.7 Å². The van der Waals surface area contributed by atoms with Crippen molar-refractivity contribution in [1.82, 2.24) is 9.55 Å². The van der Waals surface area contributed by atoms with Crippen LogP contribution in [-0.4, -0.2) is 33.3 Å². The molecular weight excluding hydrogens is 430 g/mol. The molecule has 0 spiro atoms. The molecule has 10 nitrogen and oxygen atoms in total. The molecule has 0 bridgehead atoms. The van der Waals surface area contributed by atoms with Crippen LogP contribution in [0.3, 0.4) is 0 Å². The number of nitro groups is 1. The molecule has 4 rings (SSSR count). The van der Waals surface area contributed by atoms with Crippen LogP contribution in [0.2, 0.25) is 0 Å². The first-order chi connectivity index (χ1) is 15.8. The summed E-state index contributed by atoms with van der Waals surface area (Å²) in [6, 6.07) is 15.0. The lowest BCUT2D eigenvalue weighted by Gasteiger charge is -2.20. The summed E-state index contributed by atoms with van der Waals surface area (Å²) in [5.41, 5.74) is -0.433. The monoisotopic (exact) mass is 453 g/mol. The Morgan fingerprint density at radius 1 is 1.06 bits per heavy atom. The normalized spacial score (nSPS) is 19.9. The van der Waals surface area contributed by atoms with Crippen molar-refractivity contribution in [2.24, 2.45) is 0 Å². The Bertz CT molecular complexity index is 1250. The van der Waals surface area contributed by atoms with Crippen LogP contribution in [0.4, 0.5) is 5.69 Å². The number of nitrogens with zero attached hydrogens (tertiary/aromatic N) is 2. The second kappa shape index (κ2) is 9.29. The maximum absolute atomic E-state index is 12.4. The Labute approximate surface area is 188 Å². The highest BCUT2D eigenvalue weighted by molar-refractivity contribution is 5.28. The molecule has 1 fully saturated rings. The zero-order valence-corrected chi connectivity index (χ0v) is 18.1. The molecule has 1 N–H and O–H groups in total. The molecule has 1 saturated heterocycles. The van der Waals surface area contributed by atoms with Gasteiger partial charge in [0.2, 0.25) is 0 Å². The standard InChI is InChI=1S/C23H23N3O7/c1-14-3-7-16(8-4-14)31-13-20-19(32-17-9-5-15(2)6-10-17)11-21(33-20)25-12-18(26(29)30)22(27)24-23(25)28/h3-10,12,19-21H,11,13H2,1-2H3,(H,24,27,28)/t19-,20+,21?/m0/s1. The van der Waals surface area contributed by atoms with Gasteiger partial charge in [0, 0.05) is 6.42 Å². The molecule has 172 valence electrons. The average Bonchev–Trinajstić information content (AvgIpc) is 3.17. The maximum atomic E-state index is 12.4. The van der Waals surface area contributed by atoms with Gasteiger partial charge in [-0.15, -0.1) is 0 Å². The number of H-pyrrole nitrogens is 1. The van der Waals surface area contributed by atoms with Crippen LogP contribution in [0.25, 0.3) is 0 Å². The summed E-state index contributed by atoms with van der Waals surface area (Å²) in [7, 11) is 0. The summed E-state index contributed by atoms with van der Waals surface area (Å²) in [5, 5.41) is 11.2. The van der Waals surface area contributed by atoms with Gasteiger partial charge in [-0.05, 0) is 38.1 Å². The number of aryl methyl sites for hydroxylation is 2. The van der Waals surface area contributed by atoms with Crippen LogP contribution >= 0.6 is 0 Å². The van der Waals surface area contributed by atoms with Gasteiger partial charge in [-0.2, -0.15) is 0 Å². The lowest BCUT2D eigenvalue weighted by Crippen LogP contribution is -2.33. The third kappa shape index (κ3) is 5.12. The molecule has 0 amide bonds. The number of hydrogen-bond donors (Lipinski definition) is 1. The average molecular weight is 453 g/mol. The van der Waals surface area contributed by atoms with E-state index in [2.05, 4.69) is 0 Å². The van der Waals surface area contributed by atoms with E-state index < -0.39 is 40.3 Å². The Morgan fingerprint density at radius 2 is 1.67 bits per heavy atom. The van der Waals surface area contributed by atoms with Crippen molar-refractivity contribution in [2.45, 2.75) is 38.7 Å². The summed E-state index contributed by atoms with van der Waals surface area (Å²) in [6.07, 6.45) is -0.830. The van der Waals surface area contributed by atoms with Gasteiger partial charge in [0.25, 0.3) is 0 Å². The largest absolute Gasteiger partial charge is 0.491 e. The zero-order chi connectivity index (χ0) is 23.5. The fraction of sp³-hybridized carbons (Fsp3) is 0.304. The van der Waals surface area contributed by atoms with Crippen LogP contribution in [-0.2, 0) is 4.74 Å². The van der Waals surface area contributed by atoms with Crippen molar-refractivity contribution in [3.63, 3.8) is 0 Å². The Kier molecular flexibility index (Phi) is 6.27. The van der Waals surface area contributed by atoms with E-state index in [9.17, 15) is 19.7 Å². The van der Waals surface area contributed by atoms with Crippen molar-refractivity contribution in [3.05, 3.63) is 96.8 Å². The highest BCUT2D eigenvalue weighted by atomic mass is 16.6. The van der Waals surface area contributed by atoms with Crippen molar-refractivity contribution >= 4 is 5.69 Å². The quantitative estimate of drug-likeness (QED) is 0.431. The summed E-state index contributed by atoms with van der Waals surface area (Å²) in [4.78, 5) is 36.4. The molecule has 10 heteroatoms. The zero-order valence-electron chi connectivity index (χ0n) is 18.1. The smallest absolute Gasteiger partial charge is 0.350 e. The highest BCUT2D eigenvalue weighted by Crippen LogP contribution is 2.32. The Balaban J connectivity index is 1.58. The third-order valence-corrected chi connectivity index (χ3v) is 5.38. The topological polar surface area (TPSA) is 126 Å². The molecule has 2 aromatic carbocycles. The minimum absolute atomic E-state index is 0.135. The number of hydrogen-bond acceptors (Lipinski definition) is 7. The molecule has 1 unspecified atom stereocenters. The molecular formula is C23H23N3O7. The highest BCUT2D eigenvalue weighted by Gasteiger charge is 2.39. The first kappa shape index (κ1) is 22.3. The van der Waals surface area contributed by atoms with Gasteiger partial charge >= 0.3 is 16.9 Å². The molecule has 33 heavy (non-hydrogen) atoms. The van der Waals surface area contributed by atoms with Crippen LogP contribution in [0.1, 0.15) is 23.8 Å². The van der Waals surface area contributed by atoms with Crippen molar-refractivity contribution in [1.29, 1.82) is 0 Å². The molecule has 1 aromatic heterocycles. The van der Waals surface area contributed by atoms with Gasteiger partial charge in [-0.1, -0.05) is 35.4 Å². The minimum atomic E-state index is -1.06. The van der Waals surface area contributed by atoms with Gasteiger partial charge in [-0.3, -0.25) is 24.5 Å². The number of aromatic nitrogens is 2. The molecule has 1 aliphatic heterocycles. The lowest BCUT2D eigenvalue weighted by molar-refractivity contribution is -0.387. The Hall–Kier alpha value is -3.92. The van der Waals surface area contributed by atoms with E-state index in [1.165, 1.54) is 0 Å². The summed E-state index contributed by atoms with van der Waals surface area (Å²) < 4.78 is 19.0. The first-order valence-electron chi connectivity index (χ1n) is 10.4. The van der Waals surface area contributed by atoms with E-state index in [1.54, 1.807) is 0 Å². The molecule has 0 aliphatic carbocycles. The van der Waals surface area contributed by atoms with E-state index in [1.807, 2.05) is 67.4 Å². The second-order valence-corrected chi connectivity index (χ2v) is 7.90. The van der Waals surface area contributed by atoms with Gasteiger partial charge < -0.3 is 14.2 Å². The number of benzene rings is 2. The van der Waals surface area contributed by atoms with Gasteiger partial charge in [0.05, 0.1) is 11.1 Å². The minimum Gasteiger partial charge on any atom is -0.491 e. The van der Waals surface area contributed by atoms with Gasteiger partial charge in [-0.25, -0.2) is 4.79 Å². The summed E-state index contributed by atoms with van der Waals surface area (Å²) in [6.45, 7) is 4.07. The van der Waals surface area contributed by atoms with E-state index >= 15 is 0 Å². The van der Waals surface area contributed by atoms with Crippen LogP contribution in [0, 0.1) is 24.0 Å². The van der Waals surface area contributed by atoms with Crippen LogP contribution in [0.15, 0.2) is 64.3 Å². The number of rotatable bonds is 7. The number of aromatic amines is 1. The van der Waals surface area contributed by atoms with E-state index in [0.29, 0.717) is 11.5 Å². The predicted molar refractivity (Wildman–Crippen MR) is 119 cm³/mol. The second-order valence-electron chi connectivity index (χ2n) is 7.90. The fourth-order valence-electron chi connectivity index (χ4n) is 3.57. The first-order valence-corrected chi connectivity index (χ1v) is 10.4. The summed E-state index contributed by atoms with van der Waals surface area (Å²) in [5.74, 6) is 1.27. The molecule has 0 saturated carbocycles. The van der Waals surface area contributed by atoms with Crippen LogP contribution in [0.5, 0.6) is 11.5 Å². The molecule has 2 heterocycles. The number of ether oxygens (including phenoxy) is 3. The molecule has 1 aliphatic rings. The number of nitrogens with one attached hydrogen (secondary N) is 1. The van der Waals surface area contributed by atoms with E-state index in [0.717, 1.165) is 21.9 Å². The maximum Gasteiger partial charge on any atom is 0.350 e. The van der Waals surface area contributed by atoms with Gasteiger partial charge in [0.1, 0.15) is 36.5 Å². The molecule has 0 radical (unpaired) electrons. The third-order valence-electron chi connectivity index (χ3n) is 5.38. The van der Waals surface area contributed by atoms with Crippen molar-refractivity contribution in [3.8, 4) is 11.5 Å². The molecule has 3 aromatic rings. The summed E-state index contributed by atoms with van der Waals surface area (Å²) >= 11 is 0. The van der Waals surface area contributed by atoms with E-state index in [4.69, 9.17) is 14.2 Å². The van der Waals surface area contributed by atoms with Crippen molar-refractivity contribution < 1.29 is 19.1 Å². The SMILES string of the molecule is Cc1ccc(OC[C@H]2OC(n3cc([N+](=O)[O-])c(=O)[nH]c3=O)C[C@@H]2Oc2ccc(C)cc2)cc1. The lowest BCUT2D eigenvalue weighted by atomic mass is 10.1.